The topological polar surface area (TPSA) is 75.6 Å². The van der Waals surface area contributed by atoms with Crippen molar-refractivity contribution in [1.82, 2.24) is 25.2 Å². The predicted molar refractivity (Wildman–Crippen MR) is 163 cm³/mol. The summed E-state index contributed by atoms with van der Waals surface area (Å²) in [6.07, 6.45) is 9.11. The van der Waals surface area contributed by atoms with Crippen molar-refractivity contribution in [3.8, 4) is 35.4 Å². The lowest BCUT2D eigenvalue weighted by molar-refractivity contribution is 0.107. The Morgan fingerprint density at radius 1 is 1.11 bits per heavy atom. The number of hydrogen-bond acceptors (Lipinski definition) is 8. The summed E-state index contributed by atoms with van der Waals surface area (Å²) in [6, 6.07) is 8.61. The molecule has 5 aliphatic rings. The number of rotatable bonds is 4. The summed E-state index contributed by atoms with van der Waals surface area (Å²) in [5, 5.41) is 5.09. The number of fused-ring (bicyclic) bond motifs is 7. The highest BCUT2D eigenvalue weighted by Crippen LogP contribution is 2.45. The fourth-order valence-corrected chi connectivity index (χ4v) is 8.51. The molecule has 0 amide bonds. The van der Waals surface area contributed by atoms with Crippen LogP contribution in [-0.4, -0.2) is 82.5 Å². The van der Waals surface area contributed by atoms with Crippen LogP contribution in [0.4, 0.5) is 19.0 Å². The quantitative estimate of drug-likeness (QED) is 0.331. The summed E-state index contributed by atoms with van der Waals surface area (Å²) in [6.45, 7) is 2.42. The van der Waals surface area contributed by atoms with Crippen LogP contribution in [0.15, 0.2) is 30.3 Å². The summed E-state index contributed by atoms with van der Waals surface area (Å²) in [7, 11) is 0. The van der Waals surface area contributed by atoms with Crippen LogP contribution in [-0.2, 0) is 0 Å². The van der Waals surface area contributed by atoms with Gasteiger partial charge < -0.3 is 19.7 Å². The van der Waals surface area contributed by atoms with E-state index in [4.69, 9.17) is 30.8 Å². The third-order valence-corrected chi connectivity index (χ3v) is 10.6. The number of hydrogen-bond donors (Lipinski definition) is 1. The van der Waals surface area contributed by atoms with E-state index in [1.807, 2.05) is 0 Å². The minimum Gasteiger partial charge on any atom is -0.487 e. The van der Waals surface area contributed by atoms with E-state index in [2.05, 4.69) is 21.0 Å². The van der Waals surface area contributed by atoms with E-state index in [0.717, 1.165) is 32.2 Å². The van der Waals surface area contributed by atoms with Gasteiger partial charge >= 0.3 is 6.01 Å². The van der Waals surface area contributed by atoms with Gasteiger partial charge in [0.15, 0.2) is 17.2 Å². The molecular formula is C34H31F3N6O2. The molecule has 4 aromatic rings. The first-order valence-electron chi connectivity index (χ1n) is 15.7. The lowest BCUT2D eigenvalue weighted by atomic mass is 9.95. The lowest BCUT2D eigenvalue weighted by Gasteiger charge is -2.40. The Morgan fingerprint density at radius 3 is 2.91 bits per heavy atom. The first-order valence-corrected chi connectivity index (χ1v) is 15.7. The molecule has 7 heterocycles. The van der Waals surface area contributed by atoms with Crippen molar-refractivity contribution in [2.75, 3.05) is 37.7 Å². The van der Waals surface area contributed by atoms with Gasteiger partial charge in [-0.2, -0.15) is 9.97 Å². The van der Waals surface area contributed by atoms with Crippen LogP contribution >= 0.6 is 0 Å². The molecule has 0 saturated carbocycles. The van der Waals surface area contributed by atoms with E-state index in [0.29, 0.717) is 47.1 Å². The average Bonchev–Trinajstić information content (AvgIpc) is 3.67. The molecule has 8 nitrogen and oxygen atoms in total. The molecule has 230 valence electrons. The van der Waals surface area contributed by atoms with E-state index in [-0.39, 0.29) is 60.0 Å². The molecule has 2 aromatic carbocycles. The first-order chi connectivity index (χ1) is 21.9. The molecule has 0 radical (unpaired) electrons. The van der Waals surface area contributed by atoms with Crippen molar-refractivity contribution in [1.29, 1.82) is 0 Å². The molecule has 3 unspecified atom stereocenters. The molecule has 9 rings (SSSR count). The number of benzene rings is 2. The van der Waals surface area contributed by atoms with Gasteiger partial charge in [0.2, 0.25) is 0 Å². The Morgan fingerprint density at radius 2 is 2.02 bits per heavy atom. The second-order valence-electron chi connectivity index (χ2n) is 13.0. The number of piperazine rings is 1. The zero-order valence-corrected chi connectivity index (χ0v) is 24.5. The van der Waals surface area contributed by atoms with Crippen LogP contribution in [0.25, 0.3) is 33.1 Å². The highest BCUT2D eigenvalue weighted by atomic mass is 19.1. The van der Waals surface area contributed by atoms with E-state index in [1.54, 1.807) is 24.3 Å². The summed E-state index contributed by atoms with van der Waals surface area (Å²) < 4.78 is 58.8. The fourth-order valence-electron chi connectivity index (χ4n) is 8.51. The number of alkyl halides is 1. The summed E-state index contributed by atoms with van der Waals surface area (Å²) in [5.41, 5.74) is 0.142. The molecule has 45 heavy (non-hydrogen) atoms. The fraction of sp³-hybridized carbons (Fsp3) is 0.441. The number of terminal acetylenes is 1. The second kappa shape index (κ2) is 9.93. The third-order valence-electron chi connectivity index (χ3n) is 10.6. The third kappa shape index (κ3) is 4.04. The Labute approximate surface area is 257 Å². The number of pyridine rings is 1. The average molecular weight is 613 g/mol. The van der Waals surface area contributed by atoms with Gasteiger partial charge in [-0.15, -0.1) is 6.42 Å². The van der Waals surface area contributed by atoms with Crippen LogP contribution < -0.4 is 19.7 Å². The maximum Gasteiger partial charge on any atom is 0.320 e. The van der Waals surface area contributed by atoms with Crippen molar-refractivity contribution in [3.05, 3.63) is 47.5 Å². The molecule has 4 saturated heterocycles. The number of nitrogens with one attached hydrogen (secondary N) is 1. The number of anilines is 1. The molecule has 5 aliphatic heterocycles. The van der Waals surface area contributed by atoms with Gasteiger partial charge in [0.05, 0.1) is 17.1 Å². The zero-order chi connectivity index (χ0) is 30.4. The molecule has 4 fully saturated rings. The van der Waals surface area contributed by atoms with Crippen LogP contribution in [0.2, 0.25) is 0 Å². The summed E-state index contributed by atoms with van der Waals surface area (Å²) in [5.74, 6) is 1.71. The van der Waals surface area contributed by atoms with E-state index < -0.39 is 23.3 Å². The monoisotopic (exact) mass is 612 g/mol. The first kappa shape index (κ1) is 27.2. The van der Waals surface area contributed by atoms with Gasteiger partial charge in [-0.1, -0.05) is 30.2 Å². The Kier molecular flexibility index (Phi) is 6.00. The predicted octanol–water partition coefficient (Wildman–Crippen LogP) is 4.76. The zero-order valence-electron chi connectivity index (χ0n) is 24.5. The highest BCUT2D eigenvalue weighted by Gasteiger charge is 2.50. The van der Waals surface area contributed by atoms with Crippen molar-refractivity contribution >= 4 is 27.6 Å². The van der Waals surface area contributed by atoms with Crippen LogP contribution in [0, 0.1) is 24.0 Å². The Balaban J connectivity index is 1.23. The molecular weight excluding hydrogens is 581 g/mol. The van der Waals surface area contributed by atoms with Crippen molar-refractivity contribution < 1.29 is 22.6 Å². The minimum absolute atomic E-state index is 0.00844. The molecule has 2 bridgehead atoms. The minimum atomic E-state index is -0.890. The number of nitrogens with zero attached hydrogens (tertiary/aromatic N) is 5. The van der Waals surface area contributed by atoms with E-state index in [1.165, 1.54) is 6.07 Å². The van der Waals surface area contributed by atoms with Crippen molar-refractivity contribution in [2.45, 2.75) is 61.9 Å². The molecule has 1 N–H and O–H groups in total. The molecule has 0 spiro atoms. The molecule has 5 atom stereocenters. The lowest BCUT2D eigenvalue weighted by Crippen LogP contribution is -2.60. The van der Waals surface area contributed by atoms with Crippen LogP contribution in [0.3, 0.4) is 0 Å². The Hall–Kier alpha value is -4.14. The standard InChI is InChI=1S/C34H31F3N6O2/c1-2-21-23(36)9-7-18-5-3-6-22(26(18)21)29-28(37)30-27-31(39-29)40-33(45-17-34-11-4-12-42(34)14-19(35)13-34)41-32(27)43-15-20-8-10-24(38-20)25(43)16-44-30/h1,3,5-7,9,19-20,24-25,38H,4,8,10-17H2/t19-,20?,24?,25?,34+/m1/s1. The van der Waals surface area contributed by atoms with Crippen LogP contribution in [0.1, 0.15) is 37.7 Å². The van der Waals surface area contributed by atoms with Crippen molar-refractivity contribution in [2.24, 2.45) is 0 Å². The highest BCUT2D eigenvalue weighted by molar-refractivity contribution is 6.02. The van der Waals surface area contributed by atoms with Gasteiger partial charge in [0, 0.05) is 42.5 Å². The van der Waals surface area contributed by atoms with Gasteiger partial charge in [-0.05, 0) is 43.7 Å². The van der Waals surface area contributed by atoms with Gasteiger partial charge in [0.25, 0.3) is 0 Å². The van der Waals surface area contributed by atoms with Gasteiger partial charge in [0.1, 0.15) is 42.1 Å². The smallest absolute Gasteiger partial charge is 0.320 e. The maximum atomic E-state index is 16.8. The normalized spacial score (nSPS) is 28.5. The Bertz CT molecular complexity index is 1930. The van der Waals surface area contributed by atoms with E-state index >= 15 is 4.39 Å². The summed E-state index contributed by atoms with van der Waals surface area (Å²) >= 11 is 0. The van der Waals surface area contributed by atoms with E-state index in [9.17, 15) is 8.78 Å². The molecule has 11 heteroatoms. The number of aromatic nitrogens is 3. The maximum absolute atomic E-state index is 16.8. The SMILES string of the molecule is C#Cc1c(F)ccc2cccc(-c3nc4nc(OC[C@@]56CCCN5C[C@H](F)C6)nc5c4c(c3F)OCC3C4CCC(CN53)N4)c12. The molecule has 0 aliphatic carbocycles. The largest absolute Gasteiger partial charge is 0.487 e. The second-order valence-corrected chi connectivity index (χ2v) is 13.0. The number of halogens is 3. The van der Waals surface area contributed by atoms with Gasteiger partial charge in [-0.25, -0.2) is 18.2 Å². The van der Waals surface area contributed by atoms with Crippen molar-refractivity contribution in [3.63, 3.8) is 0 Å². The van der Waals surface area contributed by atoms with Gasteiger partial charge in [-0.3, -0.25) is 4.90 Å². The van der Waals surface area contributed by atoms with Crippen LogP contribution in [0.5, 0.6) is 11.8 Å². The number of ether oxygens (including phenoxy) is 2. The summed E-state index contributed by atoms with van der Waals surface area (Å²) in [4.78, 5) is 18.7. The molecule has 2 aromatic heterocycles.